The Kier molecular flexibility index (Phi) is 3.53. The molecule has 0 fully saturated rings. The van der Waals surface area contributed by atoms with Gasteiger partial charge >= 0.3 is 6.61 Å². The molecule has 3 aromatic heterocycles. The highest BCUT2D eigenvalue weighted by molar-refractivity contribution is 5.50. The van der Waals surface area contributed by atoms with E-state index < -0.39 is 6.61 Å². The standard InChI is InChI=1S/C13H12F2N6O/c1-7-9(11(16)21-13(19-7)17-6-18-21)5-8-3-2-4-10(20-8)22-12(14)15/h2-4,6,12H,5,16H2,1H3. The third-order valence-electron chi connectivity index (χ3n) is 3.12. The Morgan fingerprint density at radius 1 is 1.32 bits per heavy atom. The van der Waals surface area contributed by atoms with E-state index in [4.69, 9.17) is 5.73 Å². The second-order valence-electron chi connectivity index (χ2n) is 4.56. The molecular formula is C13H12F2N6O. The van der Waals surface area contributed by atoms with Gasteiger partial charge in [-0.25, -0.2) is 9.97 Å². The zero-order valence-corrected chi connectivity index (χ0v) is 11.6. The fourth-order valence-corrected chi connectivity index (χ4v) is 2.12. The van der Waals surface area contributed by atoms with Crippen molar-refractivity contribution in [3.63, 3.8) is 0 Å². The quantitative estimate of drug-likeness (QED) is 0.787. The summed E-state index contributed by atoms with van der Waals surface area (Å²) in [6, 6.07) is 4.65. The normalized spacial score (nSPS) is 11.3. The van der Waals surface area contributed by atoms with Crippen LogP contribution in [0, 0.1) is 6.92 Å². The molecule has 3 rings (SSSR count). The Morgan fingerprint density at radius 3 is 2.91 bits per heavy atom. The van der Waals surface area contributed by atoms with Crippen molar-refractivity contribution >= 4 is 11.6 Å². The molecule has 114 valence electrons. The van der Waals surface area contributed by atoms with E-state index in [2.05, 4.69) is 24.8 Å². The van der Waals surface area contributed by atoms with Crippen LogP contribution in [0.1, 0.15) is 17.0 Å². The summed E-state index contributed by atoms with van der Waals surface area (Å²) in [7, 11) is 0. The summed E-state index contributed by atoms with van der Waals surface area (Å²) in [5, 5.41) is 3.99. The third-order valence-corrected chi connectivity index (χ3v) is 3.12. The third kappa shape index (κ3) is 2.65. The highest BCUT2D eigenvalue weighted by atomic mass is 19.3. The molecule has 0 saturated heterocycles. The van der Waals surface area contributed by atoms with Crippen molar-refractivity contribution in [3.05, 3.63) is 41.5 Å². The Bertz CT molecular complexity index is 819. The molecule has 0 atom stereocenters. The molecule has 0 aliphatic rings. The lowest BCUT2D eigenvalue weighted by Crippen LogP contribution is -2.10. The number of nitrogens with two attached hydrogens (primary N) is 1. The molecule has 0 amide bonds. The van der Waals surface area contributed by atoms with Gasteiger partial charge in [-0.3, -0.25) is 0 Å². The number of fused-ring (bicyclic) bond motifs is 1. The summed E-state index contributed by atoms with van der Waals surface area (Å²) in [5.74, 6) is 0.655. The zero-order chi connectivity index (χ0) is 15.7. The number of rotatable bonds is 4. The molecule has 2 N–H and O–H groups in total. The molecule has 0 unspecified atom stereocenters. The number of nitrogens with zero attached hydrogens (tertiary/aromatic N) is 5. The van der Waals surface area contributed by atoms with Gasteiger partial charge in [0.2, 0.25) is 5.88 Å². The van der Waals surface area contributed by atoms with Crippen LogP contribution in [0.5, 0.6) is 5.88 Å². The van der Waals surface area contributed by atoms with E-state index >= 15 is 0 Å². The molecule has 0 saturated carbocycles. The van der Waals surface area contributed by atoms with E-state index in [1.54, 1.807) is 19.1 Å². The second-order valence-corrected chi connectivity index (χ2v) is 4.56. The van der Waals surface area contributed by atoms with Crippen molar-refractivity contribution in [2.24, 2.45) is 0 Å². The first-order valence-electron chi connectivity index (χ1n) is 6.40. The van der Waals surface area contributed by atoms with Crippen molar-refractivity contribution in [3.8, 4) is 5.88 Å². The number of hydrogen-bond acceptors (Lipinski definition) is 6. The van der Waals surface area contributed by atoms with Gasteiger partial charge in [0.05, 0.1) is 0 Å². The Balaban J connectivity index is 1.96. The number of pyridine rings is 1. The van der Waals surface area contributed by atoms with E-state index in [1.807, 2.05) is 0 Å². The molecule has 22 heavy (non-hydrogen) atoms. The van der Waals surface area contributed by atoms with Gasteiger partial charge in [-0.15, -0.1) is 0 Å². The van der Waals surface area contributed by atoms with Gasteiger partial charge in [0, 0.05) is 29.4 Å². The van der Waals surface area contributed by atoms with Crippen molar-refractivity contribution in [1.29, 1.82) is 0 Å². The van der Waals surface area contributed by atoms with Crippen LogP contribution < -0.4 is 10.5 Å². The van der Waals surface area contributed by atoms with Gasteiger partial charge in [0.1, 0.15) is 12.1 Å². The Hall–Kier alpha value is -2.84. The molecule has 3 aromatic rings. The average Bonchev–Trinajstić information content (AvgIpc) is 2.91. The maximum absolute atomic E-state index is 12.2. The molecule has 7 nitrogen and oxygen atoms in total. The molecule has 0 aliphatic carbocycles. The maximum Gasteiger partial charge on any atom is 0.388 e. The first-order valence-corrected chi connectivity index (χ1v) is 6.40. The number of aromatic nitrogens is 5. The first kappa shape index (κ1) is 14.1. The number of hydrogen-bond donors (Lipinski definition) is 1. The van der Waals surface area contributed by atoms with Crippen LogP contribution in [0.3, 0.4) is 0 Å². The lowest BCUT2D eigenvalue weighted by Gasteiger charge is -2.10. The number of nitrogen functional groups attached to an aromatic ring is 1. The van der Waals surface area contributed by atoms with E-state index in [0.29, 0.717) is 35.0 Å². The lowest BCUT2D eigenvalue weighted by atomic mass is 10.1. The molecular weight excluding hydrogens is 294 g/mol. The summed E-state index contributed by atoms with van der Waals surface area (Å²) in [4.78, 5) is 12.3. The summed E-state index contributed by atoms with van der Waals surface area (Å²) < 4.78 is 30.2. The van der Waals surface area contributed by atoms with Crippen molar-refractivity contribution < 1.29 is 13.5 Å². The molecule has 0 bridgehead atoms. The van der Waals surface area contributed by atoms with Gasteiger partial charge in [0.15, 0.2) is 0 Å². The topological polar surface area (TPSA) is 91.2 Å². The predicted molar refractivity (Wildman–Crippen MR) is 73.6 cm³/mol. The van der Waals surface area contributed by atoms with Crippen molar-refractivity contribution in [1.82, 2.24) is 24.6 Å². The van der Waals surface area contributed by atoms with Gasteiger partial charge in [-0.1, -0.05) is 6.07 Å². The average molecular weight is 306 g/mol. The minimum atomic E-state index is -2.91. The minimum absolute atomic E-state index is 0.140. The molecule has 0 radical (unpaired) electrons. The maximum atomic E-state index is 12.2. The summed E-state index contributed by atoms with van der Waals surface area (Å²) in [5.41, 5.74) is 8.00. The van der Waals surface area contributed by atoms with E-state index in [9.17, 15) is 8.78 Å². The molecule has 0 aliphatic heterocycles. The smallest absolute Gasteiger partial charge is 0.388 e. The highest BCUT2D eigenvalue weighted by Gasteiger charge is 2.14. The number of anilines is 1. The SMILES string of the molecule is Cc1nc2ncnn2c(N)c1Cc1cccc(OC(F)F)n1. The van der Waals surface area contributed by atoms with Crippen LogP contribution in [-0.4, -0.2) is 31.2 Å². The fraction of sp³-hybridized carbons (Fsp3) is 0.231. The van der Waals surface area contributed by atoms with Crippen LogP contribution >= 0.6 is 0 Å². The highest BCUT2D eigenvalue weighted by Crippen LogP contribution is 2.20. The van der Waals surface area contributed by atoms with Gasteiger partial charge in [0.25, 0.3) is 5.78 Å². The number of ether oxygens (including phenoxy) is 1. The van der Waals surface area contributed by atoms with E-state index in [-0.39, 0.29) is 5.88 Å². The van der Waals surface area contributed by atoms with E-state index in [0.717, 1.165) is 0 Å². The molecule has 9 heteroatoms. The van der Waals surface area contributed by atoms with Crippen LogP contribution in [0.15, 0.2) is 24.5 Å². The largest absolute Gasteiger partial charge is 0.417 e. The first-order chi connectivity index (χ1) is 10.5. The summed E-state index contributed by atoms with van der Waals surface area (Å²) >= 11 is 0. The molecule has 0 aromatic carbocycles. The predicted octanol–water partition coefficient (Wildman–Crippen LogP) is 1.60. The van der Waals surface area contributed by atoms with Crippen LogP contribution in [0.25, 0.3) is 5.78 Å². The number of alkyl halides is 2. The van der Waals surface area contributed by atoms with Gasteiger partial charge < -0.3 is 10.5 Å². The summed E-state index contributed by atoms with van der Waals surface area (Å²) in [6.45, 7) is -1.12. The van der Waals surface area contributed by atoms with Gasteiger partial charge in [-0.2, -0.15) is 23.4 Å². The lowest BCUT2D eigenvalue weighted by molar-refractivity contribution is -0.0529. The zero-order valence-electron chi connectivity index (χ0n) is 11.6. The van der Waals surface area contributed by atoms with Gasteiger partial charge in [-0.05, 0) is 13.0 Å². The minimum Gasteiger partial charge on any atom is -0.417 e. The second kappa shape index (κ2) is 5.51. The monoisotopic (exact) mass is 306 g/mol. The van der Waals surface area contributed by atoms with Crippen LogP contribution in [-0.2, 0) is 6.42 Å². The van der Waals surface area contributed by atoms with Crippen LogP contribution in [0.4, 0.5) is 14.6 Å². The molecule has 0 spiro atoms. The summed E-state index contributed by atoms with van der Waals surface area (Å²) in [6.07, 6.45) is 1.68. The number of aryl methyl sites for hydroxylation is 1. The fourth-order valence-electron chi connectivity index (χ4n) is 2.12. The Labute approximate surface area is 123 Å². The van der Waals surface area contributed by atoms with Crippen molar-refractivity contribution in [2.45, 2.75) is 20.0 Å². The molecule has 3 heterocycles. The van der Waals surface area contributed by atoms with Crippen molar-refractivity contribution in [2.75, 3.05) is 5.73 Å². The number of halogens is 2. The van der Waals surface area contributed by atoms with E-state index in [1.165, 1.54) is 16.9 Å². The Morgan fingerprint density at radius 2 is 2.14 bits per heavy atom. The van der Waals surface area contributed by atoms with Crippen LogP contribution in [0.2, 0.25) is 0 Å².